The van der Waals surface area contributed by atoms with Gasteiger partial charge in [0, 0.05) is 30.9 Å². The Morgan fingerprint density at radius 2 is 1.95 bits per heavy atom. The number of para-hydroxylation sites is 1. The van der Waals surface area contributed by atoms with Crippen LogP contribution in [-0.4, -0.2) is 42.8 Å². The number of imidazole rings is 1. The molecule has 4 heterocycles. The molecule has 1 aliphatic heterocycles. The lowest BCUT2D eigenvalue weighted by Crippen LogP contribution is -2.44. The highest BCUT2D eigenvalue weighted by Crippen LogP contribution is 2.24. The largest absolute Gasteiger partial charge is 0.341 e. The lowest BCUT2D eigenvalue weighted by atomic mass is 10.1. The van der Waals surface area contributed by atoms with Crippen LogP contribution < -0.4 is 21.9 Å². The zero-order valence-corrected chi connectivity index (χ0v) is 20.5. The number of pyridine rings is 1. The summed E-state index contributed by atoms with van der Waals surface area (Å²) < 4.78 is 4.36. The van der Waals surface area contributed by atoms with E-state index >= 15 is 0 Å². The van der Waals surface area contributed by atoms with Gasteiger partial charge in [-0.2, -0.15) is 10.2 Å². The van der Waals surface area contributed by atoms with Crippen molar-refractivity contribution in [3.63, 3.8) is 0 Å². The van der Waals surface area contributed by atoms with Crippen LogP contribution in [0.5, 0.6) is 0 Å². The summed E-state index contributed by atoms with van der Waals surface area (Å²) in [4.78, 5) is 38.9. The maximum atomic E-state index is 14.0. The Kier molecular flexibility index (Phi) is 6.59. The van der Waals surface area contributed by atoms with Crippen molar-refractivity contribution >= 4 is 17.1 Å². The molecule has 186 valence electrons. The number of anilines is 1. The molecule has 3 aromatic heterocycles. The van der Waals surface area contributed by atoms with Crippen LogP contribution in [0.2, 0.25) is 0 Å². The van der Waals surface area contributed by atoms with Crippen molar-refractivity contribution in [3.05, 3.63) is 80.8 Å². The highest BCUT2D eigenvalue weighted by Gasteiger charge is 2.27. The van der Waals surface area contributed by atoms with Crippen LogP contribution in [0.25, 0.3) is 16.9 Å². The fraction of sp³-hybridized carbons (Fsp3) is 0.296. The number of aromatic nitrogens is 5. The average Bonchev–Trinajstić information content (AvgIpc) is 3.30. The van der Waals surface area contributed by atoms with Gasteiger partial charge in [-0.1, -0.05) is 30.2 Å². The van der Waals surface area contributed by atoms with Gasteiger partial charge >= 0.3 is 5.69 Å². The molecule has 1 saturated heterocycles. The molecule has 0 saturated carbocycles. The number of nitrogens with two attached hydrogens (primary N) is 1. The minimum atomic E-state index is -0.551. The summed E-state index contributed by atoms with van der Waals surface area (Å²) in [6.07, 6.45) is 3.32. The van der Waals surface area contributed by atoms with E-state index in [2.05, 4.69) is 21.7 Å². The number of nitriles is 1. The van der Waals surface area contributed by atoms with E-state index in [9.17, 15) is 14.9 Å². The molecule has 5 rings (SSSR count). The fourth-order valence-electron chi connectivity index (χ4n) is 4.75. The van der Waals surface area contributed by atoms with Gasteiger partial charge in [0.1, 0.15) is 11.8 Å². The fourth-order valence-corrected chi connectivity index (χ4v) is 4.75. The van der Waals surface area contributed by atoms with E-state index < -0.39 is 11.2 Å². The predicted molar refractivity (Wildman–Crippen MR) is 141 cm³/mol. The Bertz CT molecular complexity index is 1680. The van der Waals surface area contributed by atoms with Gasteiger partial charge in [-0.15, -0.1) is 5.92 Å². The van der Waals surface area contributed by atoms with Gasteiger partial charge in [-0.05, 0) is 38.0 Å². The van der Waals surface area contributed by atoms with Crippen LogP contribution in [-0.2, 0) is 13.1 Å². The van der Waals surface area contributed by atoms with E-state index in [1.807, 2.05) is 24.3 Å². The molecule has 2 N–H and O–H groups in total. The number of hydrogen-bond acceptors (Lipinski definition) is 7. The Morgan fingerprint density at radius 3 is 2.68 bits per heavy atom. The number of benzene rings is 1. The zero-order valence-electron chi connectivity index (χ0n) is 20.5. The second kappa shape index (κ2) is 10.1. The third kappa shape index (κ3) is 4.39. The number of piperidine rings is 1. The summed E-state index contributed by atoms with van der Waals surface area (Å²) in [5.41, 5.74) is 6.95. The smallest absolute Gasteiger partial charge is 0.337 e. The molecule has 10 nitrogen and oxygen atoms in total. The topological polar surface area (TPSA) is 128 Å². The predicted octanol–water partition coefficient (Wildman–Crippen LogP) is 1.61. The van der Waals surface area contributed by atoms with Gasteiger partial charge in [-0.3, -0.25) is 13.9 Å². The molecule has 37 heavy (non-hydrogen) atoms. The summed E-state index contributed by atoms with van der Waals surface area (Å²) in [6, 6.07) is 14.5. The lowest BCUT2D eigenvalue weighted by Gasteiger charge is -2.31. The Balaban J connectivity index is 1.84. The molecule has 0 unspecified atom stereocenters. The number of rotatable bonds is 5. The Morgan fingerprint density at radius 1 is 1.14 bits per heavy atom. The highest BCUT2D eigenvalue weighted by molar-refractivity contribution is 5.77. The first-order valence-corrected chi connectivity index (χ1v) is 12.1. The molecule has 4 aromatic rings. The second-order valence-corrected chi connectivity index (χ2v) is 8.91. The van der Waals surface area contributed by atoms with Crippen LogP contribution >= 0.6 is 0 Å². The summed E-state index contributed by atoms with van der Waals surface area (Å²) in [5, 5.41) is 9.52. The Labute approximate surface area is 213 Å². The lowest BCUT2D eigenvalue weighted by molar-refractivity contribution is 0.496. The molecular weight excluding hydrogens is 468 g/mol. The number of fused-ring (bicyclic) bond motifs is 1. The minimum Gasteiger partial charge on any atom is -0.341 e. The van der Waals surface area contributed by atoms with Gasteiger partial charge in [0.05, 0.1) is 18.8 Å². The molecule has 1 fully saturated rings. The Hall–Kier alpha value is -4.67. The molecule has 1 atom stereocenters. The van der Waals surface area contributed by atoms with Crippen molar-refractivity contribution in [2.24, 2.45) is 5.73 Å². The van der Waals surface area contributed by atoms with E-state index in [0.717, 1.165) is 24.0 Å². The first-order valence-electron chi connectivity index (χ1n) is 12.1. The molecule has 0 aliphatic carbocycles. The van der Waals surface area contributed by atoms with Crippen molar-refractivity contribution in [3.8, 4) is 23.6 Å². The highest BCUT2D eigenvalue weighted by atomic mass is 16.2. The van der Waals surface area contributed by atoms with E-state index in [1.54, 1.807) is 35.8 Å². The van der Waals surface area contributed by atoms with Crippen LogP contribution in [0.4, 0.5) is 5.95 Å². The first kappa shape index (κ1) is 24.0. The number of nitrogens with zero attached hydrogens (tertiary/aromatic N) is 7. The summed E-state index contributed by atoms with van der Waals surface area (Å²) in [7, 11) is 0. The van der Waals surface area contributed by atoms with Crippen molar-refractivity contribution in [2.75, 3.05) is 18.0 Å². The molecule has 0 radical (unpaired) electrons. The summed E-state index contributed by atoms with van der Waals surface area (Å²) in [6.45, 7) is 3.19. The van der Waals surface area contributed by atoms with Gasteiger partial charge in [-0.25, -0.2) is 14.3 Å². The zero-order chi connectivity index (χ0) is 25.9. The van der Waals surface area contributed by atoms with Crippen molar-refractivity contribution in [1.29, 1.82) is 5.26 Å². The normalized spacial score (nSPS) is 15.3. The van der Waals surface area contributed by atoms with E-state index in [1.165, 1.54) is 10.8 Å². The van der Waals surface area contributed by atoms with Gasteiger partial charge in [0.2, 0.25) is 5.95 Å². The second-order valence-electron chi connectivity index (χ2n) is 8.91. The van der Waals surface area contributed by atoms with Crippen LogP contribution in [0.1, 0.15) is 31.0 Å². The van der Waals surface area contributed by atoms with Crippen molar-refractivity contribution in [2.45, 2.75) is 38.9 Å². The molecule has 0 spiro atoms. The van der Waals surface area contributed by atoms with Crippen molar-refractivity contribution < 1.29 is 0 Å². The summed E-state index contributed by atoms with van der Waals surface area (Å²) >= 11 is 0. The third-order valence-electron chi connectivity index (χ3n) is 6.51. The first-order chi connectivity index (χ1) is 18.0. The van der Waals surface area contributed by atoms with Gasteiger partial charge in [0.15, 0.2) is 11.2 Å². The molecule has 0 bridgehead atoms. The minimum absolute atomic E-state index is 0.0118. The van der Waals surface area contributed by atoms with Gasteiger partial charge in [0.25, 0.3) is 5.56 Å². The van der Waals surface area contributed by atoms with Crippen LogP contribution in [0.15, 0.2) is 58.3 Å². The summed E-state index contributed by atoms with van der Waals surface area (Å²) in [5.74, 6) is 6.50. The van der Waals surface area contributed by atoms with Crippen molar-refractivity contribution in [1.82, 2.24) is 23.7 Å². The molecule has 0 amide bonds. The molecule has 1 aliphatic rings. The molecule has 10 heteroatoms. The molecular formula is C27H26N8O2. The molecule has 1 aromatic carbocycles. The van der Waals surface area contributed by atoms with Gasteiger partial charge < -0.3 is 10.6 Å². The maximum Gasteiger partial charge on any atom is 0.337 e. The SMILES string of the molecule is CC#CCn1c(N2CCC[C@@H](N)C2)nc2c1c(=O)n(Cc1cccnc1C#N)c(=O)n2-c1ccccc1. The van der Waals surface area contributed by atoms with E-state index in [0.29, 0.717) is 23.7 Å². The standard InChI is InChI=1S/C27H26N8O2/c1-2-3-15-33-23-24(31-26(33)32-14-8-10-20(29)18-32)35(21-11-5-4-6-12-21)27(37)34(25(23)36)17-19-9-7-13-30-22(19)16-28/h4-7,9,11-13,20H,8,10,14-15,17-18,29H2,1H3/t20-/m1/s1. The maximum absolute atomic E-state index is 14.0. The van der Waals surface area contributed by atoms with Crippen LogP contribution in [0, 0.1) is 23.2 Å². The quantitative estimate of drug-likeness (QED) is 0.418. The monoisotopic (exact) mass is 494 g/mol. The third-order valence-corrected chi connectivity index (χ3v) is 6.51. The average molecular weight is 495 g/mol. The number of hydrogen-bond donors (Lipinski definition) is 1. The van der Waals surface area contributed by atoms with E-state index in [-0.39, 0.29) is 36.0 Å². The van der Waals surface area contributed by atoms with E-state index in [4.69, 9.17) is 10.7 Å². The van der Waals surface area contributed by atoms with Crippen LogP contribution in [0.3, 0.4) is 0 Å².